The molecule has 0 atom stereocenters. The molecule has 0 bridgehead atoms. The minimum atomic E-state index is 0. The first-order chi connectivity index (χ1) is 3.27. The number of hydrogen-bond donors (Lipinski definition) is 0. The third-order valence-electron chi connectivity index (χ3n) is 1.03. The van der Waals surface area contributed by atoms with E-state index in [1.54, 1.807) is 5.92 Å². The van der Waals surface area contributed by atoms with Gasteiger partial charge in [0.1, 0.15) is 0 Å². The van der Waals surface area contributed by atoms with Crippen LogP contribution in [0, 0.1) is 5.92 Å². The van der Waals surface area contributed by atoms with Gasteiger partial charge in [0.05, 0.1) is 0 Å². The quantitative estimate of drug-likeness (QED) is 0.381. The van der Waals surface area contributed by atoms with Crippen LogP contribution in [0.4, 0.5) is 0 Å². The van der Waals surface area contributed by atoms with Gasteiger partial charge in [0, 0.05) is 0 Å². The molecule has 0 heterocycles. The summed E-state index contributed by atoms with van der Waals surface area (Å²) in [7, 11) is 0. The zero-order chi connectivity index (χ0) is 5.70. The Morgan fingerprint density at radius 1 is 1.22 bits per heavy atom. The Kier molecular flexibility index (Phi) is 21.7. The van der Waals surface area contributed by atoms with E-state index in [1.165, 1.54) is 19.3 Å². The van der Waals surface area contributed by atoms with Gasteiger partial charge in [-0.3, -0.25) is 0 Å². The van der Waals surface area contributed by atoms with Gasteiger partial charge in [-0.25, -0.2) is 0 Å². The standard InChI is InChI=1S/C7H15.ClH.Mg/c1-4-5-6-7(2)3;;/h4-6H2,1-3H3;1H;/q-1;;+2/p-1. The van der Waals surface area contributed by atoms with Gasteiger partial charge < -0.3 is 18.3 Å². The maximum Gasteiger partial charge on any atom is 2.00 e. The van der Waals surface area contributed by atoms with Crippen LogP contribution in [0.3, 0.4) is 0 Å². The van der Waals surface area contributed by atoms with Gasteiger partial charge in [-0.05, 0) is 0 Å². The zero-order valence-electron chi connectivity index (χ0n) is 6.71. The van der Waals surface area contributed by atoms with Crippen LogP contribution in [-0.2, 0) is 0 Å². The second-order valence-electron chi connectivity index (χ2n) is 2.31. The van der Waals surface area contributed by atoms with Crippen LogP contribution < -0.4 is 12.4 Å². The second-order valence-corrected chi connectivity index (χ2v) is 2.31. The van der Waals surface area contributed by atoms with Gasteiger partial charge >= 0.3 is 23.1 Å². The maximum atomic E-state index is 2.23. The number of unbranched alkanes of at least 4 members (excludes halogenated alkanes) is 1. The normalized spacial score (nSPS) is 8.00. The molecule has 0 aromatic heterocycles. The van der Waals surface area contributed by atoms with E-state index < -0.39 is 0 Å². The Balaban J connectivity index is -0.000000180. The average Bonchev–Trinajstić information content (AvgIpc) is 1.61. The topological polar surface area (TPSA) is 0 Å². The van der Waals surface area contributed by atoms with Crippen molar-refractivity contribution in [1.82, 2.24) is 0 Å². The van der Waals surface area contributed by atoms with Gasteiger partial charge in [0.2, 0.25) is 0 Å². The van der Waals surface area contributed by atoms with E-state index in [0.29, 0.717) is 0 Å². The molecule has 0 N–H and O–H groups in total. The molecule has 0 spiro atoms. The van der Waals surface area contributed by atoms with E-state index in [1.807, 2.05) is 0 Å². The van der Waals surface area contributed by atoms with Crippen LogP contribution in [0.1, 0.15) is 40.0 Å². The fourth-order valence-corrected chi connectivity index (χ4v) is 0.530. The largest absolute Gasteiger partial charge is 2.00 e. The van der Waals surface area contributed by atoms with Gasteiger partial charge in [-0.15, -0.1) is 0 Å². The number of hydrogen-bond acceptors (Lipinski definition) is 0. The third kappa shape index (κ3) is 17.6. The summed E-state index contributed by atoms with van der Waals surface area (Å²) >= 11 is 0. The Hall–Kier alpha value is 1.06. The van der Waals surface area contributed by atoms with Crippen molar-refractivity contribution in [1.29, 1.82) is 0 Å². The van der Waals surface area contributed by atoms with Crippen LogP contribution in [0.15, 0.2) is 0 Å². The van der Waals surface area contributed by atoms with Crippen molar-refractivity contribution in [3.05, 3.63) is 5.92 Å². The van der Waals surface area contributed by atoms with E-state index in [0.717, 1.165) is 0 Å². The van der Waals surface area contributed by atoms with E-state index in [4.69, 9.17) is 0 Å². The molecule has 2 heteroatoms. The second kappa shape index (κ2) is 11.8. The number of halogens is 1. The predicted molar refractivity (Wildman–Crippen MR) is 39.9 cm³/mol. The molecule has 0 aliphatic carbocycles. The van der Waals surface area contributed by atoms with Gasteiger partial charge in [0.25, 0.3) is 0 Å². The van der Waals surface area contributed by atoms with Gasteiger partial charge in [-0.2, -0.15) is 20.3 Å². The van der Waals surface area contributed by atoms with Crippen molar-refractivity contribution in [3.8, 4) is 0 Å². The molecule has 0 aliphatic rings. The molecule has 0 amide bonds. The Morgan fingerprint density at radius 2 is 1.67 bits per heavy atom. The van der Waals surface area contributed by atoms with Crippen LogP contribution in [0.25, 0.3) is 0 Å². The van der Waals surface area contributed by atoms with Crippen molar-refractivity contribution < 1.29 is 12.4 Å². The van der Waals surface area contributed by atoms with Crippen LogP contribution in [0.2, 0.25) is 0 Å². The zero-order valence-corrected chi connectivity index (χ0v) is 8.88. The molecule has 52 valence electrons. The summed E-state index contributed by atoms with van der Waals surface area (Å²) in [6.07, 6.45) is 4.00. The third-order valence-corrected chi connectivity index (χ3v) is 1.03. The van der Waals surface area contributed by atoms with E-state index in [-0.39, 0.29) is 35.5 Å². The molecule has 0 saturated carbocycles. The molecule has 0 aromatic rings. The maximum absolute atomic E-state index is 2.23. The summed E-state index contributed by atoms with van der Waals surface area (Å²) in [5.74, 6) is 1.56. The molecule has 0 fully saturated rings. The molecular weight excluding hydrogens is 144 g/mol. The van der Waals surface area contributed by atoms with Crippen molar-refractivity contribution in [2.45, 2.75) is 40.0 Å². The fraction of sp³-hybridized carbons (Fsp3) is 0.857. The molecule has 9 heavy (non-hydrogen) atoms. The number of rotatable bonds is 3. The SMILES string of the molecule is CCCC[C-](C)C.[Cl-].[Mg+2]. The van der Waals surface area contributed by atoms with E-state index >= 15 is 0 Å². The monoisotopic (exact) mass is 158 g/mol. The molecule has 0 radical (unpaired) electrons. The van der Waals surface area contributed by atoms with Crippen LogP contribution in [0.5, 0.6) is 0 Å². The van der Waals surface area contributed by atoms with E-state index in [2.05, 4.69) is 20.8 Å². The minimum Gasteiger partial charge on any atom is -1.00 e. The van der Waals surface area contributed by atoms with Crippen molar-refractivity contribution in [3.63, 3.8) is 0 Å². The van der Waals surface area contributed by atoms with Crippen LogP contribution in [-0.4, -0.2) is 23.1 Å². The molecule has 0 nitrogen and oxygen atoms in total. The molecular formula is C7H15ClMg. The smallest absolute Gasteiger partial charge is 1.00 e. The summed E-state index contributed by atoms with van der Waals surface area (Å²) in [6, 6.07) is 0. The Bertz CT molecular complexity index is 37.9. The summed E-state index contributed by atoms with van der Waals surface area (Å²) < 4.78 is 0. The summed E-state index contributed by atoms with van der Waals surface area (Å²) in [4.78, 5) is 0. The van der Waals surface area contributed by atoms with Gasteiger partial charge in [-0.1, -0.05) is 19.8 Å². The van der Waals surface area contributed by atoms with Gasteiger partial charge in [0.15, 0.2) is 0 Å². The van der Waals surface area contributed by atoms with Crippen LogP contribution >= 0.6 is 0 Å². The molecule has 0 rings (SSSR count). The first kappa shape index (κ1) is 16.6. The fourth-order valence-electron chi connectivity index (χ4n) is 0.530. The molecule has 0 aromatic carbocycles. The molecule has 0 aliphatic heterocycles. The summed E-state index contributed by atoms with van der Waals surface area (Å²) in [6.45, 7) is 6.61. The molecule has 0 unspecified atom stereocenters. The average molecular weight is 159 g/mol. The van der Waals surface area contributed by atoms with E-state index in [9.17, 15) is 0 Å². The summed E-state index contributed by atoms with van der Waals surface area (Å²) in [5.41, 5.74) is 0. The van der Waals surface area contributed by atoms with Crippen molar-refractivity contribution in [2.24, 2.45) is 0 Å². The Morgan fingerprint density at radius 3 is 1.78 bits per heavy atom. The minimum absolute atomic E-state index is 0. The Labute approximate surface area is 81.4 Å². The first-order valence-corrected chi connectivity index (χ1v) is 3.06. The first-order valence-electron chi connectivity index (χ1n) is 3.06. The summed E-state index contributed by atoms with van der Waals surface area (Å²) in [5, 5.41) is 0. The van der Waals surface area contributed by atoms with Crippen molar-refractivity contribution >= 4 is 23.1 Å². The molecule has 0 saturated heterocycles. The predicted octanol–water partition coefficient (Wildman–Crippen LogP) is -0.586. The van der Waals surface area contributed by atoms with Crippen molar-refractivity contribution in [2.75, 3.05) is 0 Å².